The van der Waals surface area contributed by atoms with E-state index in [0.29, 0.717) is 12.8 Å². The summed E-state index contributed by atoms with van der Waals surface area (Å²) in [5.41, 5.74) is 0.994. The summed E-state index contributed by atoms with van der Waals surface area (Å²) in [6, 6.07) is 13.7. The van der Waals surface area contributed by atoms with Gasteiger partial charge in [0, 0.05) is 29.6 Å². The zero-order valence-corrected chi connectivity index (χ0v) is 17.7. The highest BCUT2D eigenvalue weighted by molar-refractivity contribution is 7.88. The first kappa shape index (κ1) is 21.7. The molecule has 0 aliphatic carbocycles. The van der Waals surface area contributed by atoms with E-state index in [2.05, 4.69) is 5.32 Å². The third-order valence-corrected chi connectivity index (χ3v) is 7.42. The van der Waals surface area contributed by atoms with Crippen molar-refractivity contribution in [3.05, 3.63) is 70.5 Å². The first-order valence-electron chi connectivity index (χ1n) is 9.54. The number of benzene rings is 2. The van der Waals surface area contributed by atoms with Crippen LogP contribution in [0.4, 0.5) is 4.39 Å². The molecule has 0 unspecified atom stereocenters. The van der Waals surface area contributed by atoms with E-state index >= 15 is 0 Å². The van der Waals surface area contributed by atoms with Crippen molar-refractivity contribution in [3.8, 4) is 0 Å². The average molecular weight is 439 g/mol. The molecule has 1 amide bonds. The molecule has 1 N–H and O–H groups in total. The maximum atomic E-state index is 14.0. The van der Waals surface area contributed by atoms with Crippen LogP contribution in [0.3, 0.4) is 0 Å². The van der Waals surface area contributed by atoms with Gasteiger partial charge in [0.05, 0.1) is 11.8 Å². The van der Waals surface area contributed by atoms with Crippen molar-refractivity contribution < 1.29 is 17.6 Å². The maximum Gasteiger partial charge on any atom is 0.223 e. The van der Waals surface area contributed by atoms with Crippen LogP contribution in [0.2, 0.25) is 5.02 Å². The fourth-order valence-electron chi connectivity index (χ4n) is 3.50. The number of nitrogens with zero attached hydrogens (tertiary/aromatic N) is 1. The lowest BCUT2D eigenvalue weighted by Crippen LogP contribution is -2.43. The number of carbonyl (C=O) groups is 1. The first-order chi connectivity index (χ1) is 13.8. The predicted molar refractivity (Wildman–Crippen MR) is 111 cm³/mol. The molecule has 5 nitrogen and oxygen atoms in total. The van der Waals surface area contributed by atoms with Crippen LogP contribution in [0.1, 0.15) is 36.9 Å². The molecule has 1 aliphatic heterocycles. The fraction of sp³-hybridized carbons (Fsp3) is 0.381. The Morgan fingerprint density at radius 1 is 1.17 bits per heavy atom. The van der Waals surface area contributed by atoms with E-state index in [0.717, 1.165) is 5.56 Å². The maximum absolute atomic E-state index is 14.0. The number of amides is 1. The van der Waals surface area contributed by atoms with Crippen LogP contribution in [0.25, 0.3) is 0 Å². The SMILES string of the molecule is C[C@@H](NC(=O)C1CCN(S(=O)(=O)Cc2c(F)cccc2Cl)CC1)c1ccccc1. The van der Waals surface area contributed by atoms with E-state index in [1.165, 1.54) is 22.5 Å². The van der Waals surface area contributed by atoms with Crippen molar-refractivity contribution in [2.45, 2.75) is 31.6 Å². The molecular weight excluding hydrogens is 415 g/mol. The molecule has 0 saturated carbocycles. The van der Waals surface area contributed by atoms with Crippen LogP contribution >= 0.6 is 11.6 Å². The molecule has 1 saturated heterocycles. The molecule has 1 aliphatic rings. The Hall–Kier alpha value is -1.96. The van der Waals surface area contributed by atoms with Gasteiger partial charge in [-0.2, -0.15) is 0 Å². The molecule has 0 radical (unpaired) electrons. The van der Waals surface area contributed by atoms with Gasteiger partial charge in [-0.15, -0.1) is 0 Å². The zero-order chi connectivity index (χ0) is 21.0. The van der Waals surface area contributed by atoms with Crippen molar-refractivity contribution in [1.82, 2.24) is 9.62 Å². The molecule has 29 heavy (non-hydrogen) atoms. The summed E-state index contributed by atoms with van der Waals surface area (Å²) in [5, 5.41) is 3.10. The zero-order valence-electron chi connectivity index (χ0n) is 16.1. The summed E-state index contributed by atoms with van der Waals surface area (Å²) in [5.74, 6) is -1.44. The minimum Gasteiger partial charge on any atom is -0.349 e. The van der Waals surface area contributed by atoms with Crippen molar-refractivity contribution in [1.29, 1.82) is 0 Å². The van der Waals surface area contributed by atoms with Gasteiger partial charge in [-0.3, -0.25) is 4.79 Å². The summed E-state index contributed by atoms with van der Waals surface area (Å²) < 4.78 is 40.7. The Morgan fingerprint density at radius 2 is 1.83 bits per heavy atom. The quantitative estimate of drug-likeness (QED) is 0.743. The lowest BCUT2D eigenvalue weighted by molar-refractivity contribution is -0.126. The molecule has 2 aromatic rings. The summed E-state index contributed by atoms with van der Waals surface area (Å²) in [7, 11) is -3.72. The van der Waals surface area contributed by atoms with Crippen molar-refractivity contribution >= 4 is 27.5 Å². The Labute approximate surface area is 175 Å². The molecule has 1 fully saturated rings. The van der Waals surface area contributed by atoms with Crippen molar-refractivity contribution in [2.75, 3.05) is 13.1 Å². The van der Waals surface area contributed by atoms with E-state index in [4.69, 9.17) is 11.6 Å². The van der Waals surface area contributed by atoms with Crippen LogP contribution < -0.4 is 5.32 Å². The van der Waals surface area contributed by atoms with Crippen LogP contribution in [-0.4, -0.2) is 31.7 Å². The average Bonchev–Trinajstić information content (AvgIpc) is 2.71. The fourth-order valence-corrected chi connectivity index (χ4v) is 5.41. The van der Waals surface area contributed by atoms with Gasteiger partial charge in [-0.05, 0) is 37.5 Å². The molecule has 156 valence electrons. The van der Waals surface area contributed by atoms with Crippen LogP contribution in [-0.2, 0) is 20.6 Å². The molecule has 8 heteroatoms. The standard InChI is InChI=1S/C21H24ClFN2O3S/c1-15(16-6-3-2-4-7-16)24-21(26)17-10-12-25(13-11-17)29(27,28)14-18-19(22)8-5-9-20(18)23/h2-9,15,17H,10-14H2,1H3,(H,24,26)/t15-/m1/s1. The Balaban J connectivity index is 1.57. The Bertz CT molecular complexity index is 941. The second kappa shape index (κ2) is 9.24. The molecule has 0 spiro atoms. The molecular formula is C21H24ClFN2O3S. The molecule has 1 atom stereocenters. The van der Waals surface area contributed by atoms with Gasteiger partial charge in [-0.1, -0.05) is 48.0 Å². The van der Waals surface area contributed by atoms with E-state index in [9.17, 15) is 17.6 Å². The van der Waals surface area contributed by atoms with Gasteiger partial charge in [0.2, 0.25) is 15.9 Å². The summed E-state index contributed by atoms with van der Waals surface area (Å²) >= 11 is 5.96. The van der Waals surface area contributed by atoms with Gasteiger partial charge in [0.15, 0.2) is 0 Å². The van der Waals surface area contributed by atoms with Gasteiger partial charge >= 0.3 is 0 Å². The minimum atomic E-state index is -3.72. The lowest BCUT2D eigenvalue weighted by Gasteiger charge is -2.31. The number of hydrogen-bond donors (Lipinski definition) is 1. The van der Waals surface area contributed by atoms with Gasteiger partial charge in [-0.25, -0.2) is 17.1 Å². The second-order valence-electron chi connectivity index (χ2n) is 7.27. The first-order valence-corrected chi connectivity index (χ1v) is 11.5. The van der Waals surface area contributed by atoms with Gasteiger partial charge in [0.1, 0.15) is 5.82 Å². The van der Waals surface area contributed by atoms with E-state index < -0.39 is 21.6 Å². The van der Waals surface area contributed by atoms with E-state index in [1.807, 2.05) is 37.3 Å². The smallest absolute Gasteiger partial charge is 0.223 e. The van der Waals surface area contributed by atoms with Crippen molar-refractivity contribution in [2.24, 2.45) is 5.92 Å². The lowest BCUT2D eigenvalue weighted by atomic mass is 9.96. The normalized spacial score (nSPS) is 17.1. The van der Waals surface area contributed by atoms with Gasteiger partial charge in [0.25, 0.3) is 0 Å². The number of rotatable bonds is 6. The second-order valence-corrected chi connectivity index (χ2v) is 9.65. The number of carbonyl (C=O) groups excluding carboxylic acids is 1. The highest BCUT2D eigenvalue weighted by Gasteiger charge is 2.32. The van der Waals surface area contributed by atoms with Crippen LogP contribution in [0.15, 0.2) is 48.5 Å². The number of halogens is 2. The topological polar surface area (TPSA) is 66.5 Å². The van der Waals surface area contributed by atoms with E-state index in [-0.39, 0.29) is 41.5 Å². The highest BCUT2D eigenvalue weighted by atomic mass is 35.5. The highest BCUT2D eigenvalue weighted by Crippen LogP contribution is 2.26. The molecule has 2 aromatic carbocycles. The molecule has 1 heterocycles. The van der Waals surface area contributed by atoms with Crippen LogP contribution in [0.5, 0.6) is 0 Å². The summed E-state index contributed by atoms with van der Waals surface area (Å²) in [6.07, 6.45) is 0.856. The molecule has 0 bridgehead atoms. The largest absolute Gasteiger partial charge is 0.349 e. The third kappa shape index (κ3) is 5.35. The Kier molecular flexibility index (Phi) is 6.93. The monoisotopic (exact) mass is 438 g/mol. The van der Waals surface area contributed by atoms with E-state index in [1.54, 1.807) is 0 Å². The summed E-state index contributed by atoms with van der Waals surface area (Å²) in [6.45, 7) is 2.38. The number of hydrogen-bond acceptors (Lipinski definition) is 3. The number of sulfonamides is 1. The Morgan fingerprint density at radius 3 is 2.45 bits per heavy atom. The van der Waals surface area contributed by atoms with Gasteiger partial charge < -0.3 is 5.32 Å². The summed E-state index contributed by atoms with van der Waals surface area (Å²) in [4.78, 5) is 12.6. The molecule has 3 rings (SSSR count). The van der Waals surface area contributed by atoms with Crippen LogP contribution in [0, 0.1) is 11.7 Å². The van der Waals surface area contributed by atoms with Crippen molar-refractivity contribution in [3.63, 3.8) is 0 Å². The minimum absolute atomic E-state index is 0.0225. The number of piperidine rings is 1. The molecule has 0 aromatic heterocycles. The third-order valence-electron chi connectivity index (χ3n) is 5.26. The number of nitrogens with one attached hydrogen (secondary N) is 1. The predicted octanol–water partition coefficient (Wildman–Crippen LogP) is 3.90.